The number of aryl methyl sites for hydroxylation is 1. The molecule has 0 atom stereocenters. The van der Waals surface area contributed by atoms with Gasteiger partial charge in [0.25, 0.3) is 0 Å². The van der Waals surface area contributed by atoms with E-state index in [-0.39, 0.29) is 5.82 Å². The van der Waals surface area contributed by atoms with Gasteiger partial charge in [0.05, 0.1) is 12.3 Å². The highest BCUT2D eigenvalue weighted by Crippen LogP contribution is 2.27. The molecule has 0 unspecified atom stereocenters. The van der Waals surface area contributed by atoms with E-state index < -0.39 is 0 Å². The quantitative estimate of drug-likeness (QED) is 0.801. The Morgan fingerprint density at radius 2 is 2.00 bits per heavy atom. The summed E-state index contributed by atoms with van der Waals surface area (Å²) in [5.41, 5.74) is 8.54. The number of anilines is 3. The van der Waals surface area contributed by atoms with Gasteiger partial charge in [-0.05, 0) is 37.1 Å². The van der Waals surface area contributed by atoms with Crippen LogP contribution in [0.3, 0.4) is 0 Å². The molecule has 0 heterocycles. The molecule has 2 aromatic rings. The Morgan fingerprint density at radius 3 is 2.75 bits per heavy atom. The second-order valence-electron chi connectivity index (χ2n) is 4.75. The van der Waals surface area contributed by atoms with E-state index in [4.69, 9.17) is 10.5 Å². The molecule has 0 spiro atoms. The topological polar surface area (TPSA) is 47.3 Å². The fourth-order valence-electron chi connectivity index (χ4n) is 1.89. The predicted molar refractivity (Wildman–Crippen MR) is 81.1 cm³/mol. The first-order valence-electron chi connectivity index (χ1n) is 6.65. The van der Waals surface area contributed by atoms with E-state index >= 15 is 0 Å². The van der Waals surface area contributed by atoms with E-state index in [9.17, 15) is 4.39 Å². The second kappa shape index (κ2) is 6.28. The summed E-state index contributed by atoms with van der Waals surface area (Å²) in [5, 5.41) is 3.04. The van der Waals surface area contributed by atoms with Gasteiger partial charge in [-0.3, -0.25) is 0 Å². The summed E-state index contributed by atoms with van der Waals surface area (Å²) < 4.78 is 19.3. The van der Waals surface area contributed by atoms with E-state index in [1.807, 2.05) is 19.9 Å². The molecule has 0 aliphatic rings. The summed E-state index contributed by atoms with van der Waals surface area (Å²) in [4.78, 5) is 0. The monoisotopic (exact) mass is 274 g/mol. The van der Waals surface area contributed by atoms with Gasteiger partial charge in [-0.25, -0.2) is 4.39 Å². The zero-order valence-corrected chi connectivity index (χ0v) is 11.7. The van der Waals surface area contributed by atoms with Crippen LogP contribution in [0.25, 0.3) is 0 Å². The first-order chi connectivity index (χ1) is 9.58. The number of ether oxygens (including phenoxy) is 1. The van der Waals surface area contributed by atoms with Crippen LogP contribution in [0.2, 0.25) is 0 Å². The van der Waals surface area contributed by atoms with Crippen molar-refractivity contribution >= 4 is 17.1 Å². The molecule has 2 rings (SSSR count). The number of nitrogens with one attached hydrogen (secondary N) is 1. The maximum atomic E-state index is 13.7. The Balaban J connectivity index is 2.24. The summed E-state index contributed by atoms with van der Waals surface area (Å²) in [6, 6.07) is 10.3. The molecule has 20 heavy (non-hydrogen) atoms. The third kappa shape index (κ3) is 3.63. The van der Waals surface area contributed by atoms with Crippen molar-refractivity contribution in [3.05, 3.63) is 47.8 Å². The van der Waals surface area contributed by atoms with Crippen molar-refractivity contribution in [1.82, 2.24) is 0 Å². The summed E-state index contributed by atoms with van der Waals surface area (Å²) in [6.45, 7) is 4.58. The fourth-order valence-corrected chi connectivity index (χ4v) is 1.89. The van der Waals surface area contributed by atoms with Crippen LogP contribution >= 0.6 is 0 Å². The highest BCUT2D eigenvalue weighted by molar-refractivity contribution is 5.67. The molecule has 3 N–H and O–H groups in total. The molecular formula is C16H19FN2O. The average Bonchev–Trinajstić information content (AvgIpc) is 2.40. The molecule has 106 valence electrons. The maximum Gasteiger partial charge on any atom is 0.146 e. The number of nitrogen functional groups attached to an aromatic ring is 1. The number of halogens is 1. The minimum atomic E-state index is -0.297. The molecular weight excluding hydrogens is 255 g/mol. The van der Waals surface area contributed by atoms with Gasteiger partial charge in [0.2, 0.25) is 0 Å². The number of hydrogen-bond acceptors (Lipinski definition) is 3. The van der Waals surface area contributed by atoms with Crippen molar-refractivity contribution in [2.75, 3.05) is 17.7 Å². The second-order valence-corrected chi connectivity index (χ2v) is 4.75. The van der Waals surface area contributed by atoms with Crippen LogP contribution in [0.5, 0.6) is 5.75 Å². The van der Waals surface area contributed by atoms with Crippen molar-refractivity contribution in [3.8, 4) is 5.75 Å². The highest BCUT2D eigenvalue weighted by Gasteiger charge is 2.05. The zero-order chi connectivity index (χ0) is 14.5. The van der Waals surface area contributed by atoms with Gasteiger partial charge in [0, 0.05) is 23.5 Å². The van der Waals surface area contributed by atoms with Crippen LogP contribution in [0.1, 0.15) is 18.9 Å². The maximum absolute atomic E-state index is 13.7. The van der Waals surface area contributed by atoms with Gasteiger partial charge >= 0.3 is 0 Å². The largest absolute Gasteiger partial charge is 0.493 e. The number of nitrogens with two attached hydrogens (primary N) is 1. The Kier molecular flexibility index (Phi) is 4.45. The van der Waals surface area contributed by atoms with E-state index in [0.29, 0.717) is 29.4 Å². The molecule has 0 aliphatic heterocycles. The lowest BCUT2D eigenvalue weighted by Gasteiger charge is -2.12. The van der Waals surface area contributed by atoms with E-state index in [0.717, 1.165) is 12.0 Å². The standard InChI is InChI=1S/C16H19FN2O/c1-3-6-20-14-9-12(18)8-13(10-14)19-16-7-11(2)4-5-15(16)17/h4-5,7-10,19H,3,6,18H2,1-2H3. The third-order valence-corrected chi connectivity index (χ3v) is 2.80. The van der Waals surface area contributed by atoms with Gasteiger partial charge in [-0.15, -0.1) is 0 Å². The summed E-state index contributed by atoms with van der Waals surface area (Å²) in [5.74, 6) is 0.386. The van der Waals surface area contributed by atoms with Crippen LogP contribution in [0.15, 0.2) is 36.4 Å². The van der Waals surface area contributed by atoms with Gasteiger partial charge in [0.15, 0.2) is 0 Å². The lowest BCUT2D eigenvalue weighted by molar-refractivity contribution is 0.318. The van der Waals surface area contributed by atoms with Crippen LogP contribution in [-0.4, -0.2) is 6.61 Å². The molecule has 0 saturated carbocycles. The molecule has 4 heteroatoms. The smallest absolute Gasteiger partial charge is 0.146 e. The molecule has 0 aromatic heterocycles. The Labute approximate surface area is 118 Å². The molecule has 0 saturated heterocycles. The first kappa shape index (κ1) is 14.2. The third-order valence-electron chi connectivity index (χ3n) is 2.80. The van der Waals surface area contributed by atoms with Crippen molar-refractivity contribution in [2.24, 2.45) is 0 Å². The molecule has 3 nitrogen and oxygen atoms in total. The molecule has 2 aromatic carbocycles. The minimum absolute atomic E-state index is 0.297. The SMILES string of the molecule is CCCOc1cc(N)cc(Nc2cc(C)ccc2F)c1. The van der Waals surface area contributed by atoms with E-state index in [2.05, 4.69) is 5.32 Å². The molecule has 0 bridgehead atoms. The number of hydrogen-bond donors (Lipinski definition) is 2. The molecule has 0 radical (unpaired) electrons. The molecule has 0 amide bonds. The van der Waals surface area contributed by atoms with Crippen LogP contribution < -0.4 is 15.8 Å². The lowest BCUT2D eigenvalue weighted by atomic mass is 10.2. The van der Waals surface area contributed by atoms with E-state index in [1.165, 1.54) is 6.07 Å². The van der Waals surface area contributed by atoms with Gasteiger partial charge in [-0.2, -0.15) is 0 Å². The number of benzene rings is 2. The summed E-state index contributed by atoms with van der Waals surface area (Å²) in [7, 11) is 0. The van der Waals surface area contributed by atoms with Crippen molar-refractivity contribution in [2.45, 2.75) is 20.3 Å². The van der Waals surface area contributed by atoms with Gasteiger partial charge in [0.1, 0.15) is 11.6 Å². The van der Waals surface area contributed by atoms with Gasteiger partial charge in [-0.1, -0.05) is 13.0 Å². The minimum Gasteiger partial charge on any atom is -0.493 e. The summed E-state index contributed by atoms with van der Waals surface area (Å²) >= 11 is 0. The highest BCUT2D eigenvalue weighted by atomic mass is 19.1. The summed E-state index contributed by atoms with van der Waals surface area (Å²) in [6.07, 6.45) is 0.921. The Bertz CT molecular complexity index is 599. The normalized spacial score (nSPS) is 10.3. The first-order valence-corrected chi connectivity index (χ1v) is 6.65. The van der Waals surface area contributed by atoms with Crippen molar-refractivity contribution in [3.63, 3.8) is 0 Å². The molecule has 0 aliphatic carbocycles. The zero-order valence-electron chi connectivity index (χ0n) is 11.7. The van der Waals surface area contributed by atoms with Crippen molar-refractivity contribution in [1.29, 1.82) is 0 Å². The van der Waals surface area contributed by atoms with Crippen LogP contribution in [-0.2, 0) is 0 Å². The van der Waals surface area contributed by atoms with Crippen molar-refractivity contribution < 1.29 is 9.13 Å². The van der Waals surface area contributed by atoms with Crippen LogP contribution in [0, 0.1) is 12.7 Å². The predicted octanol–water partition coefficient (Wildman–Crippen LogP) is 4.25. The lowest BCUT2D eigenvalue weighted by Crippen LogP contribution is -1.99. The average molecular weight is 274 g/mol. The number of rotatable bonds is 5. The van der Waals surface area contributed by atoms with Gasteiger partial charge < -0.3 is 15.8 Å². The van der Waals surface area contributed by atoms with Crippen LogP contribution in [0.4, 0.5) is 21.5 Å². The molecule has 0 fully saturated rings. The fraction of sp³-hybridized carbons (Fsp3) is 0.250. The Morgan fingerprint density at radius 1 is 1.20 bits per heavy atom. The van der Waals surface area contributed by atoms with E-state index in [1.54, 1.807) is 24.3 Å². The Hall–Kier alpha value is -2.23.